The number of halogens is 3. The van der Waals surface area contributed by atoms with Gasteiger partial charge in [-0.1, -0.05) is 0 Å². The molecule has 0 bridgehead atoms. The van der Waals surface area contributed by atoms with E-state index in [0.29, 0.717) is 19.3 Å². The third kappa shape index (κ3) is 3.96. The van der Waals surface area contributed by atoms with E-state index < -0.39 is 29.7 Å². The van der Waals surface area contributed by atoms with Gasteiger partial charge in [-0.15, -0.1) is 0 Å². The lowest BCUT2D eigenvalue weighted by atomic mass is 10.1. The number of hydrogen-bond donors (Lipinski definition) is 2. The smallest absolute Gasteiger partial charge is 0.435 e. The van der Waals surface area contributed by atoms with Crippen molar-refractivity contribution in [1.29, 1.82) is 0 Å². The second kappa shape index (κ2) is 5.74. The lowest BCUT2D eigenvalue weighted by molar-refractivity contribution is -0.142. The van der Waals surface area contributed by atoms with Crippen molar-refractivity contribution in [2.75, 3.05) is 0 Å². The Morgan fingerprint density at radius 2 is 2.14 bits per heavy atom. The highest BCUT2D eigenvalue weighted by Gasteiger charge is 2.34. The van der Waals surface area contributed by atoms with Crippen LogP contribution in [0.15, 0.2) is 12.3 Å². The number of nitrogens with zero attached hydrogens (tertiary/aromatic N) is 2. The first kappa shape index (κ1) is 15.3. The maximum atomic E-state index is 12.4. The number of hydrogen-bond acceptors (Lipinski definition) is 3. The van der Waals surface area contributed by atoms with Crippen molar-refractivity contribution in [3.05, 3.63) is 18.0 Å². The van der Waals surface area contributed by atoms with Crippen LogP contribution in [0.1, 0.15) is 25.0 Å². The number of rotatable bonds is 4. The maximum absolute atomic E-state index is 12.4. The maximum Gasteiger partial charge on any atom is 0.435 e. The van der Waals surface area contributed by atoms with Crippen molar-refractivity contribution in [2.24, 2.45) is 5.92 Å². The number of amides is 1. The number of carbonyl (C=O) groups excluding carboxylic acids is 1. The molecule has 1 aromatic rings. The third-order valence-electron chi connectivity index (χ3n) is 3.38. The van der Waals surface area contributed by atoms with Gasteiger partial charge in [-0.3, -0.25) is 14.3 Å². The number of carboxylic acid groups (broad SMARTS) is 1. The summed E-state index contributed by atoms with van der Waals surface area (Å²) in [6, 6.07) is 0.541. The Morgan fingerprint density at radius 1 is 1.43 bits per heavy atom. The predicted octanol–water partition coefficient (Wildman–Crippen LogP) is 1.27. The van der Waals surface area contributed by atoms with Crippen LogP contribution >= 0.6 is 0 Å². The molecule has 6 nitrogen and oxygen atoms in total. The largest absolute Gasteiger partial charge is 0.481 e. The number of carboxylic acids is 1. The summed E-state index contributed by atoms with van der Waals surface area (Å²) >= 11 is 0. The molecule has 1 heterocycles. The fourth-order valence-electron chi connectivity index (χ4n) is 2.36. The Morgan fingerprint density at radius 3 is 2.67 bits per heavy atom. The number of nitrogens with one attached hydrogen (secondary N) is 1. The molecule has 2 unspecified atom stereocenters. The minimum absolute atomic E-state index is 0.253. The van der Waals surface area contributed by atoms with Gasteiger partial charge < -0.3 is 10.4 Å². The Hall–Kier alpha value is -2.06. The zero-order valence-corrected chi connectivity index (χ0v) is 10.9. The molecule has 0 radical (unpaired) electrons. The topological polar surface area (TPSA) is 84.2 Å². The van der Waals surface area contributed by atoms with Crippen molar-refractivity contribution in [1.82, 2.24) is 15.1 Å². The van der Waals surface area contributed by atoms with Crippen molar-refractivity contribution in [3.8, 4) is 0 Å². The van der Waals surface area contributed by atoms with Gasteiger partial charge in [0, 0.05) is 12.2 Å². The van der Waals surface area contributed by atoms with Crippen LogP contribution in [0.2, 0.25) is 0 Å². The molecule has 2 atom stereocenters. The van der Waals surface area contributed by atoms with Crippen LogP contribution in [0.4, 0.5) is 13.2 Å². The third-order valence-corrected chi connectivity index (χ3v) is 3.38. The summed E-state index contributed by atoms with van der Waals surface area (Å²) in [5.74, 6) is -1.85. The molecule has 1 aliphatic carbocycles. The molecule has 0 spiro atoms. The zero-order valence-electron chi connectivity index (χ0n) is 10.9. The van der Waals surface area contributed by atoms with E-state index in [0.717, 1.165) is 16.9 Å². The summed E-state index contributed by atoms with van der Waals surface area (Å²) in [5, 5.41) is 14.7. The number of carbonyl (C=O) groups is 2. The Balaban J connectivity index is 1.85. The number of aliphatic carboxylic acids is 1. The number of aromatic nitrogens is 2. The van der Waals surface area contributed by atoms with Gasteiger partial charge in [0.2, 0.25) is 5.91 Å². The lowest BCUT2D eigenvalue weighted by Crippen LogP contribution is -2.36. The molecule has 1 aliphatic rings. The fraction of sp³-hybridized carbons (Fsp3) is 0.583. The Bertz CT molecular complexity index is 541. The predicted molar refractivity (Wildman–Crippen MR) is 64.1 cm³/mol. The standard InChI is InChI=1S/C12H14F3N3O3/c13-12(14,15)9-3-4-18(17-9)6-10(19)16-8-2-1-7(5-8)11(20)21/h3-4,7-8H,1-2,5-6H2,(H,16,19)(H,20,21). The highest BCUT2D eigenvalue weighted by Crippen LogP contribution is 2.27. The van der Waals surface area contributed by atoms with Gasteiger partial charge in [-0.2, -0.15) is 18.3 Å². The van der Waals surface area contributed by atoms with E-state index in [-0.39, 0.29) is 12.6 Å². The molecule has 0 saturated heterocycles. The summed E-state index contributed by atoms with van der Waals surface area (Å²) in [6.45, 7) is -0.329. The van der Waals surface area contributed by atoms with Gasteiger partial charge in [0.05, 0.1) is 5.92 Å². The normalized spacial score (nSPS) is 22.2. The molecule has 1 aromatic heterocycles. The van der Waals surface area contributed by atoms with E-state index in [1.807, 2.05) is 0 Å². The van der Waals surface area contributed by atoms with Gasteiger partial charge in [-0.25, -0.2) is 0 Å². The van der Waals surface area contributed by atoms with Crippen LogP contribution in [0.25, 0.3) is 0 Å². The van der Waals surface area contributed by atoms with E-state index in [1.54, 1.807) is 0 Å². The van der Waals surface area contributed by atoms with Crippen molar-refractivity contribution in [3.63, 3.8) is 0 Å². The molecule has 1 amide bonds. The molecular formula is C12H14F3N3O3. The Labute approximate surface area is 117 Å². The van der Waals surface area contributed by atoms with E-state index in [1.165, 1.54) is 0 Å². The molecule has 116 valence electrons. The van der Waals surface area contributed by atoms with Crippen LogP contribution in [0.3, 0.4) is 0 Å². The summed E-state index contributed by atoms with van der Waals surface area (Å²) in [7, 11) is 0. The molecular weight excluding hydrogens is 291 g/mol. The molecule has 2 N–H and O–H groups in total. The van der Waals surface area contributed by atoms with E-state index in [9.17, 15) is 22.8 Å². The molecule has 0 aliphatic heterocycles. The first-order chi connectivity index (χ1) is 9.75. The zero-order chi connectivity index (χ0) is 15.6. The average Bonchev–Trinajstić information content (AvgIpc) is 2.97. The second-order valence-electron chi connectivity index (χ2n) is 5.01. The minimum atomic E-state index is -4.54. The monoisotopic (exact) mass is 305 g/mol. The average molecular weight is 305 g/mol. The molecule has 21 heavy (non-hydrogen) atoms. The molecule has 9 heteroatoms. The second-order valence-corrected chi connectivity index (χ2v) is 5.01. The van der Waals surface area contributed by atoms with Gasteiger partial charge in [-0.05, 0) is 25.3 Å². The van der Waals surface area contributed by atoms with E-state index in [2.05, 4.69) is 10.4 Å². The van der Waals surface area contributed by atoms with Crippen LogP contribution < -0.4 is 5.32 Å². The van der Waals surface area contributed by atoms with Crippen molar-refractivity contribution in [2.45, 2.75) is 38.0 Å². The van der Waals surface area contributed by atoms with Gasteiger partial charge in [0.1, 0.15) is 6.54 Å². The van der Waals surface area contributed by atoms with Crippen LogP contribution in [-0.4, -0.2) is 32.8 Å². The fourth-order valence-corrected chi connectivity index (χ4v) is 2.36. The number of alkyl halides is 3. The summed E-state index contributed by atoms with van der Waals surface area (Å²) in [5.41, 5.74) is -1.05. The van der Waals surface area contributed by atoms with E-state index >= 15 is 0 Å². The van der Waals surface area contributed by atoms with Gasteiger partial charge in [0.25, 0.3) is 0 Å². The first-order valence-electron chi connectivity index (χ1n) is 6.38. The van der Waals surface area contributed by atoms with Gasteiger partial charge in [0.15, 0.2) is 5.69 Å². The van der Waals surface area contributed by atoms with Crippen molar-refractivity contribution < 1.29 is 27.9 Å². The lowest BCUT2D eigenvalue weighted by Gasteiger charge is -2.12. The molecule has 2 rings (SSSR count). The van der Waals surface area contributed by atoms with Crippen molar-refractivity contribution >= 4 is 11.9 Å². The molecule has 0 aromatic carbocycles. The highest BCUT2D eigenvalue weighted by atomic mass is 19.4. The van der Waals surface area contributed by atoms with Gasteiger partial charge >= 0.3 is 12.1 Å². The highest BCUT2D eigenvalue weighted by molar-refractivity contribution is 5.76. The quantitative estimate of drug-likeness (QED) is 0.877. The SMILES string of the molecule is O=C(Cn1ccc(C(F)(F)F)n1)NC1CCC(C(=O)O)C1. The molecule has 1 saturated carbocycles. The van der Waals surface area contributed by atoms with Crippen LogP contribution in [0, 0.1) is 5.92 Å². The summed E-state index contributed by atoms with van der Waals surface area (Å²) < 4.78 is 38.0. The minimum Gasteiger partial charge on any atom is -0.481 e. The first-order valence-corrected chi connectivity index (χ1v) is 6.38. The van der Waals surface area contributed by atoms with Crippen LogP contribution in [0.5, 0.6) is 0 Å². The van der Waals surface area contributed by atoms with Crippen LogP contribution in [-0.2, 0) is 22.3 Å². The summed E-state index contributed by atoms with van der Waals surface area (Å²) in [4.78, 5) is 22.5. The van der Waals surface area contributed by atoms with E-state index in [4.69, 9.17) is 5.11 Å². The molecule has 1 fully saturated rings. The summed E-state index contributed by atoms with van der Waals surface area (Å²) in [6.07, 6.45) is -2.08. The Kier molecular flexibility index (Phi) is 4.19.